The molecule has 0 saturated carbocycles. The fourth-order valence-electron chi connectivity index (χ4n) is 1.80. The minimum atomic E-state index is -0.331. The summed E-state index contributed by atoms with van der Waals surface area (Å²) in [7, 11) is 0. The molecule has 2 aromatic rings. The minimum Gasteiger partial charge on any atom is -0.508 e. The Labute approximate surface area is 117 Å². The Kier molecular flexibility index (Phi) is 4.50. The smallest absolute Gasteiger partial charge is 0.228 e. The molecule has 0 saturated heterocycles. The third-order valence-electron chi connectivity index (χ3n) is 2.82. The third-order valence-corrected chi connectivity index (χ3v) is 2.82. The van der Waals surface area contributed by atoms with E-state index in [9.17, 15) is 14.7 Å². The lowest BCUT2D eigenvalue weighted by atomic mass is 10.1. The first-order valence-electron chi connectivity index (χ1n) is 6.28. The van der Waals surface area contributed by atoms with Crippen molar-refractivity contribution in [1.29, 1.82) is 0 Å². The molecule has 102 valence electrons. The van der Waals surface area contributed by atoms with Crippen molar-refractivity contribution in [3.63, 3.8) is 0 Å². The monoisotopic (exact) mass is 269 g/mol. The lowest BCUT2D eigenvalue weighted by Crippen LogP contribution is -2.25. The number of nitrogens with one attached hydrogen (secondary N) is 1. The Morgan fingerprint density at radius 2 is 1.75 bits per heavy atom. The van der Waals surface area contributed by atoms with Gasteiger partial charge in [-0.2, -0.15) is 0 Å². The molecule has 0 unspecified atom stereocenters. The van der Waals surface area contributed by atoms with Gasteiger partial charge in [0, 0.05) is 12.1 Å². The predicted molar refractivity (Wildman–Crippen MR) is 75.3 cm³/mol. The van der Waals surface area contributed by atoms with Crippen molar-refractivity contribution < 1.29 is 14.7 Å². The van der Waals surface area contributed by atoms with Crippen LogP contribution >= 0.6 is 0 Å². The van der Waals surface area contributed by atoms with Gasteiger partial charge >= 0.3 is 0 Å². The standard InChI is InChI=1S/C16H15NO3/c18-14-8-4-5-12(9-14)11-17-16(20)10-15(19)13-6-2-1-3-7-13/h1-9,18H,10-11H2,(H,17,20). The maximum atomic E-state index is 11.8. The fraction of sp³-hybridized carbons (Fsp3) is 0.125. The molecule has 0 atom stereocenters. The summed E-state index contributed by atoms with van der Waals surface area (Å²) in [6, 6.07) is 15.3. The lowest BCUT2D eigenvalue weighted by Gasteiger charge is -2.05. The highest BCUT2D eigenvalue weighted by atomic mass is 16.3. The number of benzene rings is 2. The maximum Gasteiger partial charge on any atom is 0.228 e. The third kappa shape index (κ3) is 3.95. The number of ketones is 1. The molecule has 0 aliphatic rings. The largest absolute Gasteiger partial charge is 0.508 e. The summed E-state index contributed by atoms with van der Waals surface area (Å²) in [5.74, 6) is -0.390. The Hall–Kier alpha value is -2.62. The Bertz CT molecular complexity index is 608. The van der Waals surface area contributed by atoms with Crippen LogP contribution in [0.4, 0.5) is 0 Å². The second-order valence-corrected chi connectivity index (χ2v) is 4.41. The zero-order valence-corrected chi connectivity index (χ0v) is 10.9. The molecule has 0 bridgehead atoms. The van der Waals surface area contributed by atoms with Crippen molar-refractivity contribution in [1.82, 2.24) is 5.32 Å². The van der Waals surface area contributed by atoms with E-state index in [1.165, 1.54) is 0 Å². The number of phenolic OH excluding ortho intramolecular Hbond substituents is 1. The highest BCUT2D eigenvalue weighted by molar-refractivity contribution is 6.07. The lowest BCUT2D eigenvalue weighted by molar-refractivity contribution is -0.120. The van der Waals surface area contributed by atoms with Crippen molar-refractivity contribution in [2.75, 3.05) is 0 Å². The van der Waals surface area contributed by atoms with E-state index in [4.69, 9.17) is 0 Å². The molecule has 0 fully saturated rings. The Morgan fingerprint density at radius 3 is 2.45 bits per heavy atom. The first-order valence-corrected chi connectivity index (χ1v) is 6.28. The van der Waals surface area contributed by atoms with Crippen molar-refractivity contribution in [2.45, 2.75) is 13.0 Å². The van der Waals surface area contributed by atoms with E-state index < -0.39 is 0 Å². The molecule has 0 aromatic heterocycles. The van der Waals surface area contributed by atoms with Crippen LogP contribution in [-0.2, 0) is 11.3 Å². The maximum absolute atomic E-state index is 11.8. The van der Waals surface area contributed by atoms with Gasteiger partial charge in [-0.25, -0.2) is 0 Å². The normalized spacial score (nSPS) is 10.0. The summed E-state index contributed by atoms with van der Waals surface area (Å²) in [6.07, 6.45) is -0.178. The number of phenols is 1. The topological polar surface area (TPSA) is 66.4 Å². The number of aromatic hydroxyl groups is 1. The van der Waals surface area contributed by atoms with E-state index in [0.717, 1.165) is 5.56 Å². The number of Topliss-reactive ketones (excluding diaryl/α,β-unsaturated/α-hetero) is 1. The molecule has 0 spiro atoms. The summed E-state index contributed by atoms with van der Waals surface area (Å²) < 4.78 is 0. The van der Waals surface area contributed by atoms with Gasteiger partial charge in [0.1, 0.15) is 5.75 Å². The summed E-state index contributed by atoms with van der Waals surface area (Å²) in [5, 5.41) is 12.0. The molecule has 2 aromatic carbocycles. The molecular weight excluding hydrogens is 254 g/mol. The number of rotatable bonds is 5. The minimum absolute atomic E-state index is 0.150. The second-order valence-electron chi connectivity index (χ2n) is 4.41. The molecule has 4 heteroatoms. The molecule has 0 aliphatic carbocycles. The van der Waals surface area contributed by atoms with Crippen molar-refractivity contribution in [3.8, 4) is 5.75 Å². The van der Waals surface area contributed by atoms with E-state index in [1.807, 2.05) is 6.07 Å². The number of carbonyl (C=O) groups is 2. The van der Waals surface area contributed by atoms with E-state index in [2.05, 4.69) is 5.32 Å². The van der Waals surface area contributed by atoms with Crippen LogP contribution in [0.25, 0.3) is 0 Å². The highest BCUT2D eigenvalue weighted by Crippen LogP contribution is 2.10. The van der Waals surface area contributed by atoms with E-state index in [0.29, 0.717) is 5.56 Å². The van der Waals surface area contributed by atoms with Crippen molar-refractivity contribution in [3.05, 3.63) is 65.7 Å². The van der Waals surface area contributed by atoms with Gasteiger partial charge in [-0.15, -0.1) is 0 Å². The zero-order chi connectivity index (χ0) is 14.4. The number of hydrogen-bond donors (Lipinski definition) is 2. The molecule has 0 aliphatic heterocycles. The Morgan fingerprint density at radius 1 is 1.00 bits per heavy atom. The van der Waals surface area contributed by atoms with Crippen LogP contribution in [0.2, 0.25) is 0 Å². The average molecular weight is 269 g/mol. The van der Waals surface area contributed by atoms with Crippen LogP contribution in [0.15, 0.2) is 54.6 Å². The molecule has 20 heavy (non-hydrogen) atoms. The zero-order valence-electron chi connectivity index (χ0n) is 10.9. The van der Waals surface area contributed by atoms with Gasteiger partial charge in [-0.05, 0) is 17.7 Å². The van der Waals surface area contributed by atoms with Crippen LogP contribution in [-0.4, -0.2) is 16.8 Å². The van der Waals surface area contributed by atoms with Crippen LogP contribution in [0.3, 0.4) is 0 Å². The summed E-state index contributed by atoms with van der Waals surface area (Å²) >= 11 is 0. The number of carbonyl (C=O) groups excluding carboxylic acids is 2. The van der Waals surface area contributed by atoms with Crippen LogP contribution in [0, 0.1) is 0 Å². The van der Waals surface area contributed by atoms with Gasteiger partial charge < -0.3 is 10.4 Å². The van der Waals surface area contributed by atoms with E-state index in [1.54, 1.807) is 48.5 Å². The van der Waals surface area contributed by atoms with Crippen molar-refractivity contribution >= 4 is 11.7 Å². The Balaban J connectivity index is 1.85. The highest BCUT2D eigenvalue weighted by Gasteiger charge is 2.11. The summed E-state index contributed by atoms with van der Waals surface area (Å²) in [5.41, 5.74) is 1.31. The van der Waals surface area contributed by atoms with E-state index >= 15 is 0 Å². The first kappa shape index (κ1) is 13.8. The number of amides is 1. The second kappa shape index (κ2) is 6.52. The van der Waals surface area contributed by atoms with Gasteiger partial charge in [0.25, 0.3) is 0 Å². The molecular formula is C16H15NO3. The molecule has 4 nitrogen and oxygen atoms in total. The van der Waals surface area contributed by atoms with Crippen LogP contribution in [0.5, 0.6) is 5.75 Å². The van der Waals surface area contributed by atoms with Gasteiger partial charge in [-0.3, -0.25) is 9.59 Å². The summed E-state index contributed by atoms with van der Waals surface area (Å²) in [4.78, 5) is 23.5. The van der Waals surface area contributed by atoms with Gasteiger partial charge in [0.15, 0.2) is 5.78 Å². The predicted octanol–water partition coefficient (Wildman–Crippen LogP) is 2.28. The number of hydrogen-bond acceptors (Lipinski definition) is 3. The van der Waals surface area contributed by atoms with Crippen LogP contribution < -0.4 is 5.32 Å². The van der Waals surface area contributed by atoms with Crippen LogP contribution in [0.1, 0.15) is 22.3 Å². The van der Waals surface area contributed by atoms with Gasteiger partial charge in [0.05, 0.1) is 6.42 Å². The molecule has 0 heterocycles. The molecule has 0 radical (unpaired) electrons. The average Bonchev–Trinajstić information content (AvgIpc) is 2.46. The summed E-state index contributed by atoms with van der Waals surface area (Å²) in [6.45, 7) is 0.287. The quantitative estimate of drug-likeness (QED) is 0.646. The molecule has 2 N–H and O–H groups in total. The van der Waals surface area contributed by atoms with Gasteiger partial charge in [0.2, 0.25) is 5.91 Å². The van der Waals surface area contributed by atoms with Gasteiger partial charge in [-0.1, -0.05) is 42.5 Å². The molecule has 2 rings (SSSR count). The molecule has 1 amide bonds. The SMILES string of the molecule is O=C(CC(=O)c1ccccc1)NCc1cccc(O)c1. The van der Waals surface area contributed by atoms with E-state index in [-0.39, 0.29) is 30.4 Å². The fourth-order valence-corrected chi connectivity index (χ4v) is 1.80. The first-order chi connectivity index (χ1) is 9.65. The van der Waals surface area contributed by atoms with Crippen molar-refractivity contribution in [2.24, 2.45) is 0 Å².